The summed E-state index contributed by atoms with van der Waals surface area (Å²) in [4.78, 5) is 0. The van der Waals surface area contributed by atoms with Crippen LogP contribution in [0.15, 0.2) is 191 Å². The topological polar surface area (TPSA) is 49.7 Å². The van der Waals surface area contributed by atoms with E-state index >= 15 is 0 Å². The number of ether oxygens (including phenoxy) is 1. The third-order valence-electron chi connectivity index (χ3n) is 12.7. The summed E-state index contributed by atoms with van der Waals surface area (Å²) in [6, 6.07) is 64.1. The molecule has 6 heteroatoms. The standard InChI is InChI=1S/C54H30BNO4/c1-6-16-43-35(11-1)36-12-2-7-17-44(36)56(43)45-26-34(29-51-53(45)40-14-4-9-19-47(40)58-51)33-25-41-39-24-22-32(31-21-23-38-37-13-3-8-18-46(37)57-49(38)27-31)28-50(39)60-55-42-15-5-10-20-48(42)59-52(30-33)54(41)55/h1-30H. The molecule has 0 spiro atoms. The molecular weight excluding hydrogens is 737 g/mol. The van der Waals surface area contributed by atoms with E-state index in [9.17, 15) is 0 Å². The second-order valence-electron chi connectivity index (χ2n) is 15.9. The second kappa shape index (κ2) is 11.8. The number of nitrogens with zero attached hydrogens (tertiary/aromatic N) is 1. The van der Waals surface area contributed by atoms with Crippen LogP contribution in [0.4, 0.5) is 0 Å². The van der Waals surface area contributed by atoms with Gasteiger partial charge < -0.3 is 22.8 Å². The average Bonchev–Trinajstić information content (AvgIpc) is 3.98. The molecular formula is C54H30BNO4. The largest absolute Gasteiger partial charge is 0.551 e. The summed E-state index contributed by atoms with van der Waals surface area (Å²) < 4.78 is 29.2. The van der Waals surface area contributed by atoms with Gasteiger partial charge in [0, 0.05) is 43.4 Å². The van der Waals surface area contributed by atoms with Gasteiger partial charge in [-0.1, -0.05) is 109 Å². The molecule has 0 aliphatic carbocycles. The first-order chi connectivity index (χ1) is 29.7. The van der Waals surface area contributed by atoms with Crippen molar-refractivity contribution < 1.29 is 18.2 Å². The Labute approximate surface area is 343 Å². The number of hydrogen-bond acceptors (Lipinski definition) is 4. The molecule has 0 unspecified atom stereocenters. The molecule has 2 aliphatic heterocycles. The van der Waals surface area contributed by atoms with Crippen LogP contribution >= 0.6 is 0 Å². The summed E-state index contributed by atoms with van der Waals surface area (Å²) in [5.74, 6) is 2.42. The average molecular weight is 768 g/mol. The fourth-order valence-corrected chi connectivity index (χ4v) is 9.97. The second-order valence-corrected chi connectivity index (χ2v) is 15.9. The highest BCUT2D eigenvalue weighted by Crippen LogP contribution is 2.46. The molecule has 0 bridgehead atoms. The molecule has 0 radical (unpaired) electrons. The van der Waals surface area contributed by atoms with Crippen LogP contribution in [-0.4, -0.2) is 11.5 Å². The summed E-state index contributed by atoms with van der Waals surface area (Å²) >= 11 is 0. The molecule has 278 valence electrons. The lowest BCUT2D eigenvalue weighted by molar-refractivity contribution is 0.479. The third kappa shape index (κ3) is 4.42. The fourth-order valence-electron chi connectivity index (χ4n) is 9.97. The van der Waals surface area contributed by atoms with E-state index in [1.54, 1.807) is 0 Å². The van der Waals surface area contributed by atoms with Gasteiger partial charge in [-0.3, -0.25) is 0 Å². The van der Waals surface area contributed by atoms with Crippen molar-refractivity contribution in [1.82, 2.24) is 4.57 Å². The van der Waals surface area contributed by atoms with Gasteiger partial charge in [-0.15, -0.1) is 0 Å². The van der Waals surface area contributed by atoms with Gasteiger partial charge in [0.1, 0.15) is 39.6 Å². The number of hydrogen-bond donors (Lipinski definition) is 0. The van der Waals surface area contributed by atoms with Crippen LogP contribution in [0, 0.1) is 0 Å². The number of fused-ring (bicyclic) bond motifs is 13. The van der Waals surface area contributed by atoms with E-state index in [1.807, 2.05) is 30.3 Å². The van der Waals surface area contributed by atoms with Gasteiger partial charge in [0.15, 0.2) is 0 Å². The number of para-hydroxylation sites is 5. The smallest absolute Gasteiger partial charge is 0.434 e. The van der Waals surface area contributed by atoms with Crippen molar-refractivity contribution in [1.29, 1.82) is 0 Å². The van der Waals surface area contributed by atoms with Crippen molar-refractivity contribution in [3.8, 4) is 56.3 Å². The highest BCUT2D eigenvalue weighted by molar-refractivity contribution is 6.84. The first-order valence-electron chi connectivity index (χ1n) is 20.3. The van der Waals surface area contributed by atoms with Gasteiger partial charge in [-0.2, -0.15) is 0 Å². The van der Waals surface area contributed by atoms with Crippen LogP contribution in [0.1, 0.15) is 0 Å². The van der Waals surface area contributed by atoms with Crippen LogP contribution in [0.2, 0.25) is 0 Å². The predicted molar refractivity (Wildman–Crippen MR) is 244 cm³/mol. The molecule has 3 aromatic heterocycles. The van der Waals surface area contributed by atoms with E-state index in [0.717, 1.165) is 122 Å². The predicted octanol–water partition coefficient (Wildman–Crippen LogP) is 13.2. The summed E-state index contributed by atoms with van der Waals surface area (Å²) in [6.45, 7) is -0.333. The normalized spacial score (nSPS) is 12.9. The Balaban J connectivity index is 0.996. The third-order valence-corrected chi connectivity index (χ3v) is 12.7. The van der Waals surface area contributed by atoms with Gasteiger partial charge in [0.25, 0.3) is 0 Å². The van der Waals surface area contributed by atoms with E-state index in [0.29, 0.717) is 0 Å². The first-order valence-corrected chi connectivity index (χ1v) is 20.3. The van der Waals surface area contributed by atoms with Crippen molar-refractivity contribution >= 4 is 83.5 Å². The fraction of sp³-hybridized carbons (Fsp3) is 0. The Bertz CT molecular complexity index is 3760. The molecule has 12 aromatic rings. The van der Waals surface area contributed by atoms with Crippen molar-refractivity contribution in [2.24, 2.45) is 0 Å². The Kier molecular flexibility index (Phi) is 6.31. The van der Waals surface area contributed by atoms with Gasteiger partial charge in [0.05, 0.1) is 22.1 Å². The Morgan fingerprint density at radius 1 is 0.383 bits per heavy atom. The lowest BCUT2D eigenvalue weighted by atomic mass is 9.50. The van der Waals surface area contributed by atoms with Crippen LogP contribution < -0.4 is 20.3 Å². The van der Waals surface area contributed by atoms with Crippen LogP contribution in [0.3, 0.4) is 0 Å². The number of benzene rings is 9. The summed E-state index contributed by atoms with van der Waals surface area (Å²) in [7, 11) is 0. The minimum Gasteiger partial charge on any atom is -0.551 e. The molecule has 14 rings (SSSR count). The van der Waals surface area contributed by atoms with E-state index in [1.165, 1.54) is 10.8 Å². The summed E-state index contributed by atoms with van der Waals surface area (Å²) in [6.07, 6.45) is 0. The van der Waals surface area contributed by atoms with Crippen molar-refractivity contribution in [2.75, 3.05) is 0 Å². The van der Waals surface area contributed by atoms with E-state index in [-0.39, 0.29) is 6.92 Å². The molecule has 0 N–H and O–H groups in total. The minimum absolute atomic E-state index is 0.333. The number of aromatic nitrogens is 1. The Morgan fingerprint density at radius 2 is 0.983 bits per heavy atom. The highest BCUT2D eigenvalue weighted by Gasteiger charge is 2.41. The maximum atomic E-state index is 7.03. The molecule has 5 nitrogen and oxygen atoms in total. The summed E-state index contributed by atoms with van der Waals surface area (Å²) in [5, 5.41) is 6.82. The van der Waals surface area contributed by atoms with Gasteiger partial charge in [-0.25, -0.2) is 0 Å². The SMILES string of the molecule is c1ccc2c(c1)Oc1cc(-c3cc(-n4c5ccccc5c5ccccc54)c4c(c3)oc3ccccc34)cc3c1B2Oc1cc(-c2ccc4c(c2)oc2ccccc24)ccc1-3. The molecule has 0 saturated carbocycles. The maximum Gasteiger partial charge on any atom is 0.434 e. The summed E-state index contributed by atoms with van der Waals surface area (Å²) in [5.41, 5.74) is 15.1. The van der Waals surface area contributed by atoms with E-state index in [4.69, 9.17) is 18.2 Å². The molecule has 9 aromatic carbocycles. The lowest BCUT2D eigenvalue weighted by Gasteiger charge is -2.33. The van der Waals surface area contributed by atoms with Crippen molar-refractivity contribution in [2.45, 2.75) is 0 Å². The zero-order valence-electron chi connectivity index (χ0n) is 32.0. The van der Waals surface area contributed by atoms with Crippen molar-refractivity contribution in [3.63, 3.8) is 0 Å². The zero-order chi connectivity index (χ0) is 39.1. The van der Waals surface area contributed by atoms with Gasteiger partial charge in [0.2, 0.25) is 0 Å². The number of furan rings is 2. The van der Waals surface area contributed by atoms with Gasteiger partial charge in [-0.05, 0) is 101 Å². The quantitative estimate of drug-likeness (QED) is 0.168. The zero-order valence-corrected chi connectivity index (χ0v) is 32.0. The molecule has 0 amide bonds. The van der Waals surface area contributed by atoms with E-state index in [2.05, 4.69) is 156 Å². The maximum absolute atomic E-state index is 7.03. The van der Waals surface area contributed by atoms with Crippen molar-refractivity contribution in [3.05, 3.63) is 182 Å². The number of rotatable bonds is 3. The van der Waals surface area contributed by atoms with Crippen LogP contribution in [0.25, 0.3) is 105 Å². The first kappa shape index (κ1) is 32.1. The lowest BCUT2D eigenvalue weighted by Crippen LogP contribution is -2.53. The molecule has 60 heavy (non-hydrogen) atoms. The highest BCUT2D eigenvalue weighted by atomic mass is 16.5. The van der Waals surface area contributed by atoms with E-state index < -0.39 is 0 Å². The molecule has 0 saturated heterocycles. The van der Waals surface area contributed by atoms with Gasteiger partial charge >= 0.3 is 6.92 Å². The Hall–Kier alpha value is -7.96. The molecule has 2 aliphatic rings. The molecule has 0 atom stereocenters. The Morgan fingerprint density at radius 3 is 1.82 bits per heavy atom. The van der Waals surface area contributed by atoms with Crippen LogP contribution in [-0.2, 0) is 0 Å². The van der Waals surface area contributed by atoms with Crippen LogP contribution in [0.5, 0.6) is 17.2 Å². The molecule has 0 fully saturated rings. The molecule has 5 heterocycles. The minimum atomic E-state index is -0.333. The monoisotopic (exact) mass is 767 g/mol.